The van der Waals surface area contributed by atoms with Crippen LogP contribution in [0.1, 0.15) is 40.5 Å². The third kappa shape index (κ3) is 5.55. The van der Waals surface area contributed by atoms with Gasteiger partial charge in [-0.25, -0.2) is 0 Å². The summed E-state index contributed by atoms with van der Waals surface area (Å²) in [4.78, 5) is 0. The van der Waals surface area contributed by atoms with E-state index in [1.165, 1.54) is 18.6 Å². The van der Waals surface area contributed by atoms with Crippen LogP contribution in [0.4, 0.5) is 0 Å². The lowest BCUT2D eigenvalue weighted by molar-refractivity contribution is 0.0429. The smallest absolute Gasteiger partial charge is 0.0509 e. The van der Waals surface area contributed by atoms with Crippen molar-refractivity contribution in [3.63, 3.8) is 0 Å². The molecule has 0 aromatic rings. The molecule has 0 spiro atoms. The topological polar surface area (TPSA) is 21.3 Å². The minimum atomic E-state index is 0.364. The zero-order valence-corrected chi connectivity index (χ0v) is 12.0. The van der Waals surface area contributed by atoms with Gasteiger partial charge in [-0.1, -0.05) is 27.7 Å². The maximum atomic E-state index is 5.59. The number of hydrogen-bond acceptors (Lipinski definition) is 3. The third-order valence-corrected chi connectivity index (χ3v) is 4.32. The van der Waals surface area contributed by atoms with Gasteiger partial charge in [-0.05, 0) is 25.3 Å². The Hall–Kier alpha value is 0.270. The Balaban J connectivity index is 2.39. The summed E-state index contributed by atoms with van der Waals surface area (Å²) in [6, 6.07) is 0.620. The van der Waals surface area contributed by atoms with Crippen molar-refractivity contribution in [1.82, 2.24) is 5.32 Å². The van der Waals surface area contributed by atoms with Crippen molar-refractivity contribution in [3.8, 4) is 0 Å². The molecule has 1 N–H and O–H groups in total. The summed E-state index contributed by atoms with van der Waals surface area (Å²) in [6.45, 7) is 12.0. The molecule has 2 unspecified atom stereocenters. The molecule has 0 saturated carbocycles. The number of rotatable bonds is 5. The number of nitrogens with one attached hydrogen (secondary N) is 1. The van der Waals surface area contributed by atoms with Crippen LogP contribution in [0.3, 0.4) is 0 Å². The van der Waals surface area contributed by atoms with Crippen LogP contribution in [0.2, 0.25) is 0 Å². The zero-order chi connectivity index (χ0) is 12.0. The first-order chi connectivity index (χ1) is 7.53. The summed E-state index contributed by atoms with van der Waals surface area (Å²) in [6.07, 6.45) is 2.55. The van der Waals surface area contributed by atoms with Crippen molar-refractivity contribution in [2.24, 2.45) is 5.92 Å². The highest BCUT2D eigenvalue weighted by molar-refractivity contribution is 8.00. The Morgan fingerprint density at radius 1 is 1.44 bits per heavy atom. The van der Waals surface area contributed by atoms with E-state index in [1.54, 1.807) is 0 Å². The van der Waals surface area contributed by atoms with Gasteiger partial charge in [0.2, 0.25) is 0 Å². The van der Waals surface area contributed by atoms with Crippen LogP contribution in [-0.2, 0) is 4.74 Å². The summed E-state index contributed by atoms with van der Waals surface area (Å²) in [5, 5.41) is 3.62. The van der Waals surface area contributed by atoms with Crippen LogP contribution in [-0.4, -0.2) is 36.3 Å². The van der Waals surface area contributed by atoms with Crippen LogP contribution in [0.15, 0.2) is 0 Å². The summed E-state index contributed by atoms with van der Waals surface area (Å²) < 4.78 is 5.96. The van der Waals surface area contributed by atoms with Crippen molar-refractivity contribution in [2.45, 2.75) is 51.3 Å². The van der Waals surface area contributed by atoms with Gasteiger partial charge in [0.15, 0.2) is 0 Å². The van der Waals surface area contributed by atoms with Gasteiger partial charge >= 0.3 is 0 Å². The van der Waals surface area contributed by atoms with Gasteiger partial charge < -0.3 is 10.1 Å². The lowest BCUT2D eigenvalue weighted by atomic mass is 9.95. The minimum absolute atomic E-state index is 0.364. The normalized spacial score (nSPS) is 24.4. The van der Waals surface area contributed by atoms with E-state index in [4.69, 9.17) is 4.74 Å². The molecule has 16 heavy (non-hydrogen) atoms. The van der Waals surface area contributed by atoms with Gasteiger partial charge in [-0.2, -0.15) is 11.8 Å². The SMILES string of the molecule is CCNC(CSC(C)(C)C)C1CCCOC1. The molecule has 1 aliphatic heterocycles. The van der Waals surface area contributed by atoms with Crippen molar-refractivity contribution < 1.29 is 4.74 Å². The highest BCUT2D eigenvalue weighted by Gasteiger charge is 2.25. The first-order valence-corrected chi connectivity index (χ1v) is 7.46. The van der Waals surface area contributed by atoms with E-state index in [-0.39, 0.29) is 0 Å². The molecule has 1 heterocycles. The van der Waals surface area contributed by atoms with Gasteiger partial charge in [-0.15, -0.1) is 0 Å². The zero-order valence-electron chi connectivity index (χ0n) is 11.2. The Morgan fingerprint density at radius 2 is 2.19 bits per heavy atom. The van der Waals surface area contributed by atoms with Gasteiger partial charge in [0.25, 0.3) is 0 Å². The molecule has 96 valence electrons. The average molecular weight is 245 g/mol. The lowest BCUT2D eigenvalue weighted by Gasteiger charge is -2.32. The Labute approximate surface area is 105 Å². The van der Waals surface area contributed by atoms with Gasteiger partial charge in [0.05, 0.1) is 6.61 Å². The molecule has 1 rings (SSSR count). The fourth-order valence-electron chi connectivity index (χ4n) is 2.05. The molecule has 1 aliphatic rings. The largest absolute Gasteiger partial charge is 0.381 e. The standard InChI is InChI=1S/C13H27NOS/c1-5-14-12(10-16-13(2,3)4)11-7-6-8-15-9-11/h11-12,14H,5-10H2,1-4H3. The minimum Gasteiger partial charge on any atom is -0.381 e. The van der Waals surface area contributed by atoms with E-state index < -0.39 is 0 Å². The Kier molecular flexibility index (Phi) is 6.16. The summed E-state index contributed by atoms with van der Waals surface area (Å²) in [5.74, 6) is 1.91. The molecule has 0 aromatic carbocycles. The fourth-order valence-corrected chi connectivity index (χ4v) is 3.12. The van der Waals surface area contributed by atoms with E-state index in [0.29, 0.717) is 16.7 Å². The predicted octanol–water partition coefficient (Wildman–Crippen LogP) is 2.92. The average Bonchev–Trinajstić information content (AvgIpc) is 2.24. The maximum Gasteiger partial charge on any atom is 0.0509 e. The molecular weight excluding hydrogens is 218 g/mol. The van der Waals surface area contributed by atoms with E-state index in [1.807, 2.05) is 0 Å². The van der Waals surface area contributed by atoms with Crippen molar-refractivity contribution in [3.05, 3.63) is 0 Å². The molecule has 0 aromatic heterocycles. The van der Waals surface area contributed by atoms with E-state index in [9.17, 15) is 0 Å². The van der Waals surface area contributed by atoms with E-state index in [0.717, 1.165) is 19.8 Å². The summed E-state index contributed by atoms with van der Waals surface area (Å²) >= 11 is 2.06. The number of hydrogen-bond donors (Lipinski definition) is 1. The molecule has 0 radical (unpaired) electrons. The molecule has 0 aliphatic carbocycles. The summed E-state index contributed by atoms with van der Waals surface area (Å²) in [5.41, 5.74) is 0. The molecule has 1 fully saturated rings. The Morgan fingerprint density at radius 3 is 2.69 bits per heavy atom. The Bertz CT molecular complexity index is 185. The number of thioether (sulfide) groups is 1. The van der Waals surface area contributed by atoms with Crippen molar-refractivity contribution >= 4 is 11.8 Å². The quantitative estimate of drug-likeness (QED) is 0.805. The molecule has 2 nitrogen and oxygen atoms in total. The lowest BCUT2D eigenvalue weighted by Crippen LogP contribution is -2.42. The second kappa shape index (κ2) is 6.87. The fraction of sp³-hybridized carbons (Fsp3) is 1.00. The molecule has 3 heteroatoms. The second-order valence-corrected chi connectivity index (χ2v) is 7.41. The third-order valence-electron chi connectivity index (χ3n) is 2.93. The van der Waals surface area contributed by atoms with Crippen molar-refractivity contribution in [1.29, 1.82) is 0 Å². The monoisotopic (exact) mass is 245 g/mol. The first kappa shape index (κ1) is 14.3. The van der Waals surface area contributed by atoms with Crippen molar-refractivity contribution in [2.75, 3.05) is 25.5 Å². The van der Waals surface area contributed by atoms with E-state index in [2.05, 4.69) is 44.8 Å². The summed E-state index contributed by atoms with van der Waals surface area (Å²) in [7, 11) is 0. The van der Waals surface area contributed by atoms with E-state index >= 15 is 0 Å². The van der Waals surface area contributed by atoms with Crippen LogP contribution in [0.5, 0.6) is 0 Å². The predicted molar refractivity (Wildman–Crippen MR) is 73.2 cm³/mol. The second-order valence-electron chi connectivity index (χ2n) is 5.56. The molecule has 0 amide bonds. The molecule has 0 bridgehead atoms. The van der Waals surface area contributed by atoms with Crippen LogP contribution in [0.25, 0.3) is 0 Å². The van der Waals surface area contributed by atoms with Crippen LogP contribution >= 0.6 is 11.8 Å². The highest BCUT2D eigenvalue weighted by atomic mass is 32.2. The van der Waals surface area contributed by atoms with Crippen LogP contribution < -0.4 is 5.32 Å². The van der Waals surface area contributed by atoms with Gasteiger partial charge in [-0.3, -0.25) is 0 Å². The molecular formula is C13H27NOS. The first-order valence-electron chi connectivity index (χ1n) is 6.48. The maximum absolute atomic E-state index is 5.59. The van der Waals surface area contributed by atoms with Crippen LogP contribution in [0, 0.1) is 5.92 Å². The highest BCUT2D eigenvalue weighted by Crippen LogP contribution is 2.27. The van der Waals surface area contributed by atoms with Gasteiger partial charge in [0.1, 0.15) is 0 Å². The number of ether oxygens (including phenoxy) is 1. The molecule has 2 atom stereocenters. The van der Waals surface area contributed by atoms with Gasteiger partial charge in [0, 0.05) is 23.1 Å². The molecule has 1 saturated heterocycles.